The number of rotatable bonds is 4. The summed E-state index contributed by atoms with van der Waals surface area (Å²) in [5, 5.41) is 0.646. The highest BCUT2D eigenvalue weighted by molar-refractivity contribution is 6.32. The van der Waals surface area contributed by atoms with Gasteiger partial charge >= 0.3 is 0 Å². The molecule has 2 aromatic carbocycles. The van der Waals surface area contributed by atoms with Crippen LogP contribution in [0.25, 0.3) is 11.1 Å². The molecule has 0 aliphatic rings. The lowest BCUT2D eigenvalue weighted by atomic mass is 10.0. The fraction of sp³-hybridized carbons (Fsp3) is 0.250. The van der Waals surface area contributed by atoms with Crippen LogP contribution in [0.2, 0.25) is 5.02 Å². The van der Waals surface area contributed by atoms with Crippen molar-refractivity contribution < 1.29 is 4.74 Å². The van der Waals surface area contributed by atoms with Gasteiger partial charge in [0.25, 0.3) is 0 Å². The minimum Gasteiger partial charge on any atom is -0.495 e. The number of benzene rings is 2. The monoisotopic (exact) mass is 260 g/mol. The Morgan fingerprint density at radius 2 is 1.67 bits per heavy atom. The minimum absolute atomic E-state index is 0.646. The molecule has 0 aliphatic carbocycles. The molecule has 0 unspecified atom stereocenters. The topological polar surface area (TPSA) is 9.23 Å². The van der Waals surface area contributed by atoms with Gasteiger partial charge in [-0.15, -0.1) is 0 Å². The highest BCUT2D eigenvalue weighted by atomic mass is 35.5. The zero-order chi connectivity index (χ0) is 13.0. The van der Waals surface area contributed by atoms with Crippen molar-refractivity contribution in [2.24, 2.45) is 0 Å². The molecule has 0 saturated heterocycles. The van der Waals surface area contributed by atoms with Crippen LogP contribution in [0, 0.1) is 0 Å². The molecular weight excluding hydrogens is 244 g/mol. The van der Waals surface area contributed by atoms with Crippen molar-refractivity contribution in [3.8, 4) is 16.9 Å². The van der Waals surface area contributed by atoms with E-state index in [1.807, 2.05) is 18.2 Å². The van der Waals surface area contributed by atoms with E-state index >= 15 is 0 Å². The summed E-state index contributed by atoms with van der Waals surface area (Å²) >= 11 is 6.14. The molecule has 0 spiro atoms. The molecule has 0 N–H and O–H groups in total. The van der Waals surface area contributed by atoms with Gasteiger partial charge in [0.2, 0.25) is 0 Å². The number of ether oxygens (including phenoxy) is 1. The third-order valence-electron chi connectivity index (χ3n) is 2.98. The molecule has 0 aromatic heterocycles. The first kappa shape index (κ1) is 13.0. The van der Waals surface area contributed by atoms with Gasteiger partial charge in [0.1, 0.15) is 5.75 Å². The molecule has 0 bridgehead atoms. The summed E-state index contributed by atoms with van der Waals surface area (Å²) < 4.78 is 5.15. The maximum atomic E-state index is 6.14. The summed E-state index contributed by atoms with van der Waals surface area (Å²) in [4.78, 5) is 0. The standard InChI is InChI=1S/C16H17ClO/c1-3-4-12-5-7-13(8-6-12)14-9-10-16(18-2)15(17)11-14/h5-11H,3-4H2,1-2H3. The Bertz CT molecular complexity index is 517. The number of methoxy groups -OCH3 is 1. The number of hydrogen-bond donors (Lipinski definition) is 0. The van der Waals surface area contributed by atoms with Crippen molar-refractivity contribution in [1.82, 2.24) is 0 Å². The average Bonchev–Trinajstić information content (AvgIpc) is 2.40. The Kier molecular flexibility index (Phi) is 4.27. The lowest BCUT2D eigenvalue weighted by Crippen LogP contribution is -1.86. The molecule has 0 saturated carbocycles. The lowest BCUT2D eigenvalue weighted by molar-refractivity contribution is 0.415. The summed E-state index contributed by atoms with van der Waals surface area (Å²) in [5.41, 5.74) is 3.67. The smallest absolute Gasteiger partial charge is 0.137 e. The van der Waals surface area contributed by atoms with Gasteiger partial charge in [-0.05, 0) is 35.2 Å². The van der Waals surface area contributed by atoms with Gasteiger partial charge in [-0.3, -0.25) is 0 Å². The maximum Gasteiger partial charge on any atom is 0.137 e. The summed E-state index contributed by atoms with van der Waals surface area (Å²) in [5.74, 6) is 0.711. The van der Waals surface area contributed by atoms with Crippen molar-refractivity contribution in [3.63, 3.8) is 0 Å². The van der Waals surface area contributed by atoms with Crippen LogP contribution in [0.3, 0.4) is 0 Å². The summed E-state index contributed by atoms with van der Waals surface area (Å²) in [7, 11) is 1.63. The fourth-order valence-corrected chi connectivity index (χ4v) is 2.26. The minimum atomic E-state index is 0.646. The maximum absolute atomic E-state index is 6.14. The SMILES string of the molecule is CCCc1ccc(-c2ccc(OC)c(Cl)c2)cc1. The molecule has 0 amide bonds. The van der Waals surface area contributed by atoms with Crippen LogP contribution >= 0.6 is 11.6 Å². The van der Waals surface area contributed by atoms with Crippen LogP contribution in [0.15, 0.2) is 42.5 Å². The van der Waals surface area contributed by atoms with Gasteiger partial charge in [0, 0.05) is 0 Å². The lowest BCUT2D eigenvalue weighted by Gasteiger charge is -2.07. The zero-order valence-corrected chi connectivity index (χ0v) is 11.5. The van der Waals surface area contributed by atoms with Crippen molar-refractivity contribution >= 4 is 11.6 Å². The van der Waals surface area contributed by atoms with Gasteiger partial charge in [0.05, 0.1) is 12.1 Å². The first-order valence-corrected chi connectivity index (χ1v) is 6.55. The normalized spacial score (nSPS) is 10.4. The second kappa shape index (κ2) is 5.92. The van der Waals surface area contributed by atoms with E-state index in [1.165, 1.54) is 17.5 Å². The Labute approximate surface area is 113 Å². The molecule has 0 aliphatic heterocycles. The van der Waals surface area contributed by atoms with Crippen molar-refractivity contribution in [2.75, 3.05) is 7.11 Å². The highest BCUT2D eigenvalue weighted by Crippen LogP contribution is 2.30. The summed E-state index contributed by atoms with van der Waals surface area (Å²) in [6, 6.07) is 14.5. The van der Waals surface area contributed by atoms with Crippen LogP contribution in [0.4, 0.5) is 0 Å². The number of aryl methyl sites for hydroxylation is 1. The Hall–Kier alpha value is -1.47. The quantitative estimate of drug-likeness (QED) is 0.754. The van der Waals surface area contributed by atoms with Gasteiger partial charge in [-0.2, -0.15) is 0 Å². The van der Waals surface area contributed by atoms with E-state index in [0.29, 0.717) is 10.8 Å². The largest absolute Gasteiger partial charge is 0.495 e. The highest BCUT2D eigenvalue weighted by Gasteiger charge is 2.03. The van der Waals surface area contributed by atoms with Gasteiger partial charge in [0.15, 0.2) is 0 Å². The molecule has 2 rings (SSSR count). The van der Waals surface area contributed by atoms with E-state index < -0.39 is 0 Å². The molecule has 2 heteroatoms. The first-order valence-electron chi connectivity index (χ1n) is 6.17. The van der Waals surface area contributed by atoms with E-state index in [0.717, 1.165) is 12.0 Å². The molecule has 0 atom stereocenters. The van der Waals surface area contributed by atoms with E-state index in [9.17, 15) is 0 Å². The van der Waals surface area contributed by atoms with Crippen molar-refractivity contribution in [2.45, 2.75) is 19.8 Å². The molecule has 2 aromatic rings. The van der Waals surface area contributed by atoms with Gasteiger partial charge in [-0.1, -0.05) is 55.3 Å². The number of halogens is 1. The zero-order valence-electron chi connectivity index (χ0n) is 10.7. The molecular formula is C16H17ClO. The molecule has 0 heterocycles. The van der Waals surface area contributed by atoms with E-state index in [2.05, 4.69) is 31.2 Å². The van der Waals surface area contributed by atoms with E-state index in [4.69, 9.17) is 16.3 Å². The second-order valence-corrected chi connectivity index (χ2v) is 4.70. The van der Waals surface area contributed by atoms with Crippen molar-refractivity contribution in [1.29, 1.82) is 0 Å². The van der Waals surface area contributed by atoms with Crippen LogP contribution in [-0.2, 0) is 6.42 Å². The molecule has 0 fully saturated rings. The average molecular weight is 261 g/mol. The predicted octanol–water partition coefficient (Wildman–Crippen LogP) is 4.97. The third-order valence-corrected chi connectivity index (χ3v) is 3.27. The molecule has 18 heavy (non-hydrogen) atoms. The summed E-state index contributed by atoms with van der Waals surface area (Å²) in [6.07, 6.45) is 2.30. The van der Waals surface area contributed by atoms with Crippen LogP contribution in [0.5, 0.6) is 5.75 Å². The second-order valence-electron chi connectivity index (χ2n) is 4.30. The Morgan fingerprint density at radius 1 is 1.00 bits per heavy atom. The van der Waals surface area contributed by atoms with Crippen molar-refractivity contribution in [3.05, 3.63) is 53.1 Å². The van der Waals surface area contributed by atoms with Gasteiger partial charge < -0.3 is 4.74 Å². The van der Waals surface area contributed by atoms with Crippen LogP contribution in [0.1, 0.15) is 18.9 Å². The predicted molar refractivity (Wildman–Crippen MR) is 77.4 cm³/mol. The van der Waals surface area contributed by atoms with E-state index in [-0.39, 0.29) is 0 Å². The van der Waals surface area contributed by atoms with Crippen LogP contribution in [-0.4, -0.2) is 7.11 Å². The molecule has 0 radical (unpaired) electrons. The third kappa shape index (κ3) is 2.85. The Morgan fingerprint density at radius 3 is 2.22 bits per heavy atom. The van der Waals surface area contributed by atoms with E-state index in [1.54, 1.807) is 7.11 Å². The molecule has 1 nitrogen and oxygen atoms in total. The number of hydrogen-bond acceptors (Lipinski definition) is 1. The fourth-order valence-electron chi connectivity index (χ4n) is 2.00. The van der Waals surface area contributed by atoms with Gasteiger partial charge in [-0.25, -0.2) is 0 Å². The Balaban J connectivity index is 2.28. The molecule has 94 valence electrons. The van der Waals surface area contributed by atoms with Crippen LogP contribution < -0.4 is 4.74 Å². The summed E-state index contributed by atoms with van der Waals surface area (Å²) in [6.45, 7) is 2.19. The first-order chi connectivity index (χ1) is 8.74.